The van der Waals surface area contributed by atoms with Gasteiger partial charge >= 0.3 is 0 Å². The Labute approximate surface area is 160 Å². The average Bonchev–Trinajstić information content (AvgIpc) is 2.63. The van der Waals surface area contributed by atoms with E-state index in [-0.39, 0.29) is 5.91 Å². The highest BCUT2D eigenvalue weighted by atomic mass is 32.2. The van der Waals surface area contributed by atoms with E-state index in [4.69, 9.17) is 0 Å². The summed E-state index contributed by atoms with van der Waals surface area (Å²) in [6.45, 7) is 7.16. The number of hydrogen-bond acceptors (Lipinski definition) is 4. The van der Waals surface area contributed by atoms with E-state index in [1.165, 1.54) is 16.8 Å². The quantitative estimate of drug-likeness (QED) is 0.876. The number of anilines is 2. The van der Waals surface area contributed by atoms with Gasteiger partial charge in [-0.3, -0.25) is 9.52 Å². The number of sulfonamides is 1. The molecule has 0 aromatic heterocycles. The topological polar surface area (TPSA) is 69.7 Å². The Balaban J connectivity index is 1.64. The molecule has 1 heterocycles. The summed E-state index contributed by atoms with van der Waals surface area (Å²) in [4.78, 5) is 16.9. The maximum atomic E-state index is 12.7. The van der Waals surface area contributed by atoms with Crippen molar-refractivity contribution in [1.82, 2.24) is 4.90 Å². The SMILES string of the molecule is Cc1cccc(N2CCN(C(=O)c3ccc(NS(C)(=O)=O)cc3)CC2)c1C. The lowest BCUT2D eigenvalue weighted by Crippen LogP contribution is -2.49. The first kappa shape index (κ1) is 19.2. The Morgan fingerprint density at radius 3 is 2.19 bits per heavy atom. The molecule has 1 amide bonds. The summed E-state index contributed by atoms with van der Waals surface area (Å²) in [5, 5.41) is 0. The molecule has 1 fully saturated rings. The molecule has 0 aliphatic carbocycles. The average molecular weight is 388 g/mol. The predicted molar refractivity (Wildman–Crippen MR) is 109 cm³/mol. The number of benzene rings is 2. The minimum Gasteiger partial charge on any atom is -0.368 e. The Bertz CT molecular complexity index is 931. The number of nitrogens with one attached hydrogen (secondary N) is 1. The molecule has 0 radical (unpaired) electrons. The fraction of sp³-hybridized carbons (Fsp3) is 0.350. The summed E-state index contributed by atoms with van der Waals surface area (Å²) in [6, 6.07) is 12.9. The van der Waals surface area contributed by atoms with Crippen LogP contribution in [0.4, 0.5) is 11.4 Å². The lowest BCUT2D eigenvalue weighted by molar-refractivity contribution is 0.0747. The smallest absolute Gasteiger partial charge is 0.253 e. The fourth-order valence-electron chi connectivity index (χ4n) is 3.31. The first-order valence-electron chi connectivity index (χ1n) is 8.93. The van der Waals surface area contributed by atoms with Crippen molar-refractivity contribution < 1.29 is 13.2 Å². The van der Waals surface area contributed by atoms with Crippen LogP contribution in [0.25, 0.3) is 0 Å². The summed E-state index contributed by atoms with van der Waals surface area (Å²) < 4.78 is 24.9. The molecule has 0 atom stereocenters. The van der Waals surface area contributed by atoms with Crippen molar-refractivity contribution in [2.45, 2.75) is 13.8 Å². The van der Waals surface area contributed by atoms with Gasteiger partial charge in [0.15, 0.2) is 0 Å². The summed E-state index contributed by atoms with van der Waals surface area (Å²) in [6.07, 6.45) is 1.10. The van der Waals surface area contributed by atoms with E-state index >= 15 is 0 Å². The normalized spacial score (nSPS) is 14.9. The molecule has 6 nitrogen and oxygen atoms in total. The zero-order valence-corrected chi connectivity index (χ0v) is 16.7. The highest BCUT2D eigenvalue weighted by molar-refractivity contribution is 7.92. The maximum Gasteiger partial charge on any atom is 0.253 e. The Hall–Kier alpha value is -2.54. The largest absolute Gasteiger partial charge is 0.368 e. The molecular weight excluding hydrogens is 362 g/mol. The Morgan fingerprint density at radius 2 is 1.59 bits per heavy atom. The minimum atomic E-state index is -3.32. The van der Waals surface area contributed by atoms with E-state index in [1.807, 2.05) is 4.90 Å². The van der Waals surface area contributed by atoms with Crippen LogP contribution in [0.2, 0.25) is 0 Å². The van der Waals surface area contributed by atoms with Gasteiger partial charge in [0.05, 0.1) is 6.26 Å². The van der Waals surface area contributed by atoms with Crippen molar-refractivity contribution in [1.29, 1.82) is 0 Å². The first-order chi connectivity index (χ1) is 12.7. The van der Waals surface area contributed by atoms with Crippen LogP contribution in [0.1, 0.15) is 21.5 Å². The van der Waals surface area contributed by atoms with Gasteiger partial charge in [-0.1, -0.05) is 12.1 Å². The van der Waals surface area contributed by atoms with Crippen LogP contribution in [0.5, 0.6) is 0 Å². The van der Waals surface area contributed by atoms with Gasteiger partial charge in [0.2, 0.25) is 10.0 Å². The van der Waals surface area contributed by atoms with Gasteiger partial charge in [0, 0.05) is 43.1 Å². The van der Waals surface area contributed by atoms with E-state index < -0.39 is 10.0 Å². The number of aryl methyl sites for hydroxylation is 1. The standard InChI is InChI=1S/C20H25N3O3S/c1-15-5-4-6-19(16(15)2)22-11-13-23(14-12-22)20(24)17-7-9-18(10-8-17)21-27(3,25)26/h4-10,21H,11-14H2,1-3H3. The van der Waals surface area contributed by atoms with Gasteiger partial charge in [-0.2, -0.15) is 0 Å². The fourth-order valence-corrected chi connectivity index (χ4v) is 3.87. The number of carbonyl (C=O) groups excluding carboxylic acids is 1. The molecule has 0 spiro atoms. The third-order valence-corrected chi connectivity index (χ3v) is 5.53. The van der Waals surface area contributed by atoms with Crippen LogP contribution in [0.15, 0.2) is 42.5 Å². The zero-order valence-electron chi connectivity index (χ0n) is 15.9. The van der Waals surface area contributed by atoms with E-state index in [1.54, 1.807) is 24.3 Å². The Morgan fingerprint density at radius 1 is 0.963 bits per heavy atom. The molecule has 7 heteroatoms. The van der Waals surface area contributed by atoms with Crippen molar-refractivity contribution in [3.05, 3.63) is 59.2 Å². The number of rotatable bonds is 4. The van der Waals surface area contributed by atoms with Gasteiger partial charge in [-0.15, -0.1) is 0 Å². The van der Waals surface area contributed by atoms with Crippen molar-refractivity contribution in [3.63, 3.8) is 0 Å². The van der Waals surface area contributed by atoms with Gasteiger partial charge in [0.1, 0.15) is 0 Å². The highest BCUT2D eigenvalue weighted by Gasteiger charge is 2.23. The third-order valence-electron chi connectivity index (χ3n) is 4.92. The second-order valence-electron chi connectivity index (χ2n) is 6.95. The molecule has 2 aromatic rings. The molecule has 27 heavy (non-hydrogen) atoms. The maximum absolute atomic E-state index is 12.7. The van der Waals surface area contributed by atoms with Crippen molar-refractivity contribution >= 4 is 27.3 Å². The summed E-state index contributed by atoms with van der Waals surface area (Å²) in [7, 11) is -3.32. The molecular formula is C20H25N3O3S. The third kappa shape index (κ3) is 4.60. The number of piperazine rings is 1. The molecule has 0 bridgehead atoms. The van der Waals surface area contributed by atoms with Crippen LogP contribution in [-0.4, -0.2) is 51.7 Å². The van der Waals surface area contributed by atoms with E-state index in [9.17, 15) is 13.2 Å². The Kier molecular flexibility index (Phi) is 5.41. The molecule has 144 valence electrons. The van der Waals surface area contributed by atoms with E-state index in [0.29, 0.717) is 24.3 Å². The summed E-state index contributed by atoms with van der Waals surface area (Å²) in [5.41, 5.74) is 4.81. The van der Waals surface area contributed by atoms with Gasteiger partial charge in [0.25, 0.3) is 5.91 Å². The van der Waals surface area contributed by atoms with E-state index in [2.05, 4.69) is 41.7 Å². The summed E-state index contributed by atoms with van der Waals surface area (Å²) >= 11 is 0. The number of nitrogens with zero attached hydrogens (tertiary/aromatic N) is 2. The van der Waals surface area contributed by atoms with Gasteiger partial charge < -0.3 is 9.80 Å². The van der Waals surface area contributed by atoms with Crippen molar-refractivity contribution in [2.75, 3.05) is 42.1 Å². The van der Waals surface area contributed by atoms with Crippen LogP contribution in [0, 0.1) is 13.8 Å². The second-order valence-corrected chi connectivity index (χ2v) is 8.70. The van der Waals surface area contributed by atoms with Gasteiger partial charge in [-0.25, -0.2) is 8.42 Å². The molecule has 3 rings (SSSR count). The van der Waals surface area contributed by atoms with E-state index in [0.717, 1.165) is 19.3 Å². The minimum absolute atomic E-state index is 0.0264. The first-order valence-corrected chi connectivity index (χ1v) is 10.8. The van der Waals surface area contributed by atoms with Crippen molar-refractivity contribution in [2.24, 2.45) is 0 Å². The molecule has 1 aliphatic rings. The predicted octanol–water partition coefficient (Wildman–Crippen LogP) is 2.64. The van der Waals surface area contributed by atoms with Crippen LogP contribution in [0.3, 0.4) is 0 Å². The molecule has 1 saturated heterocycles. The number of carbonyl (C=O) groups is 1. The van der Waals surface area contributed by atoms with Crippen molar-refractivity contribution in [3.8, 4) is 0 Å². The highest BCUT2D eigenvalue weighted by Crippen LogP contribution is 2.24. The number of hydrogen-bond donors (Lipinski definition) is 1. The molecule has 1 aliphatic heterocycles. The molecule has 2 aromatic carbocycles. The van der Waals surface area contributed by atoms with Crippen LogP contribution >= 0.6 is 0 Å². The molecule has 0 saturated carbocycles. The van der Waals surface area contributed by atoms with Crippen LogP contribution in [-0.2, 0) is 10.0 Å². The zero-order chi connectivity index (χ0) is 19.6. The lowest BCUT2D eigenvalue weighted by atomic mass is 10.1. The van der Waals surface area contributed by atoms with Crippen LogP contribution < -0.4 is 9.62 Å². The molecule has 1 N–H and O–H groups in total. The van der Waals surface area contributed by atoms with Gasteiger partial charge in [-0.05, 0) is 55.3 Å². The number of amides is 1. The summed E-state index contributed by atoms with van der Waals surface area (Å²) in [5.74, 6) is -0.0264. The molecule has 0 unspecified atom stereocenters. The monoisotopic (exact) mass is 387 g/mol. The second kappa shape index (κ2) is 7.60. The lowest BCUT2D eigenvalue weighted by Gasteiger charge is -2.37.